The second kappa shape index (κ2) is 23.2. The first-order chi connectivity index (χ1) is 32.8. The molecule has 0 unspecified atom stereocenters. The quantitative estimate of drug-likeness (QED) is 0.0426. The Morgan fingerprint density at radius 1 is 0.463 bits per heavy atom. The van der Waals surface area contributed by atoms with Gasteiger partial charge in [0, 0.05) is 58.2 Å². The molecule has 6 aromatic rings. The molecule has 0 atom stereocenters. The number of hydrogen-bond acceptors (Lipinski definition) is 9. The van der Waals surface area contributed by atoms with Gasteiger partial charge in [0.05, 0.1) is 52.9 Å². The van der Waals surface area contributed by atoms with E-state index in [0.29, 0.717) is 46.1 Å². The first-order valence-electron chi connectivity index (χ1n) is 24.0. The fraction of sp³-hybridized carbons (Fsp3) is 0.362. The summed E-state index contributed by atoms with van der Waals surface area (Å²) in [6.07, 6.45) is 7.03. The van der Waals surface area contributed by atoms with Crippen molar-refractivity contribution < 1.29 is 28.4 Å². The fourth-order valence-electron chi connectivity index (χ4n) is 8.49. The Kier molecular flexibility index (Phi) is 16.4. The monoisotopic (exact) mass is 902 g/mol. The third kappa shape index (κ3) is 12.5. The van der Waals surface area contributed by atoms with Crippen LogP contribution in [0.5, 0.6) is 11.5 Å². The Hall–Kier alpha value is -5.97. The van der Waals surface area contributed by atoms with E-state index in [1.807, 2.05) is 0 Å². The zero-order chi connectivity index (χ0) is 46.3. The lowest BCUT2D eigenvalue weighted by atomic mass is 9.84. The third-order valence-corrected chi connectivity index (χ3v) is 13.0. The van der Waals surface area contributed by atoms with Crippen LogP contribution in [0.3, 0.4) is 0 Å². The van der Waals surface area contributed by atoms with E-state index in [9.17, 15) is 0 Å². The van der Waals surface area contributed by atoms with Crippen LogP contribution < -0.4 is 19.3 Å². The molecule has 2 aliphatic rings. The molecule has 2 aliphatic heterocycles. The van der Waals surface area contributed by atoms with Crippen molar-refractivity contribution in [3.63, 3.8) is 0 Å². The Balaban J connectivity index is 0.885. The molecule has 0 bridgehead atoms. The van der Waals surface area contributed by atoms with Gasteiger partial charge >= 0.3 is 0 Å². The van der Waals surface area contributed by atoms with E-state index in [4.69, 9.17) is 33.8 Å². The van der Waals surface area contributed by atoms with Crippen LogP contribution in [-0.4, -0.2) is 72.3 Å². The number of benzene rings is 6. The molecule has 1 N–H and O–H groups in total. The van der Waals surface area contributed by atoms with E-state index in [0.717, 1.165) is 115 Å². The molecule has 67 heavy (non-hydrogen) atoms. The summed E-state index contributed by atoms with van der Waals surface area (Å²) in [5, 5.41) is 7.45. The van der Waals surface area contributed by atoms with Crippen molar-refractivity contribution in [2.75, 3.05) is 75.9 Å². The van der Waals surface area contributed by atoms with Crippen molar-refractivity contribution in [1.29, 1.82) is 5.41 Å². The number of ether oxygens (including phenoxy) is 6. The lowest BCUT2D eigenvalue weighted by Crippen LogP contribution is -2.46. The van der Waals surface area contributed by atoms with Gasteiger partial charge in [0.25, 0.3) is 0 Å². The molecule has 350 valence electrons. The van der Waals surface area contributed by atoms with Crippen LogP contribution in [0.25, 0.3) is 11.1 Å². The molecule has 2 fully saturated rings. The van der Waals surface area contributed by atoms with Crippen molar-refractivity contribution in [1.82, 2.24) is 0 Å². The van der Waals surface area contributed by atoms with E-state index in [1.165, 1.54) is 17.3 Å². The molecule has 0 aromatic heterocycles. The van der Waals surface area contributed by atoms with Gasteiger partial charge in [-0.15, -0.1) is 0 Å². The van der Waals surface area contributed by atoms with Gasteiger partial charge in [-0.25, -0.2) is 0 Å². The van der Waals surface area contributed by atoms with Gasteiger partial charge in [-0.05, 0) is 167 Å². The maximum Gasteiger partial charge on any atom is 0.119 e. The molecular weight excluding hydrogens is 835 g/mol. The molecule has 0 saturated carbocycles. The summed E-state index contributed by atoms with van der Waals surface area (Å²) in [7, 11) is 0. The van der Waals surface area contributed by atoms with E-state index >= 15 is 0 Å². The molecule has 0 aliphatic carbocycles. The van der Waals surface area contributed by atoms with Crippen LogP contribution in [0.1, 0.15) is 56.6 Å². The maximum atomic E-state index is 7.45. The van der Waals surface area contributed by atoms with Gasteiger partial charge in [-0.2, -0.15) is 0 Å². The minimum atomic E-state index is -0.0000354. The zero-order valence-electron chi connectivity index (χ0n) is 39.6. The Morgan fingerprint density at radius 3 is 1.12 bits per heavy atom. The maximum absolute atomic E-state index is 7.45. The number of rotatable bonds is 26. The van der Waals surface area contributed by atoms with Crippen LogP contribution in [0.15, 0.2) is 146 Å². The summed E-state index contributed by atoms with van der Waals surface area (Å²) < 4.78 is 35.0. The second-order valence-electron chi connectivity index (χ2n) is 18.4. The summed E-state index contributed by atoms with van der Waals surface area (Å²) in [6.45, 7) is 13.6. The lowest BCUT2D eigenvalue weighted by molar-refractivity contribution is -0.150. The molecule has 9 heteroatoms. The van der Waals surface area contributed by atoms with Gasteiger partial charge in [-0.1, -0.05) is 66.6 Å². The first kappa shape index (κ1) is 47.5. The largest absolute Gasteiger partial charge is 0.494 e. The van der Waals surface area contributed by atoms with Crippen molar-refractivity contribution in [3.8, 4) is 22.6 Å². The summed E-state index contributed by atoms with van der Waals surface area (Å²) in [6, 6.07) is 51.7. The predicted molar refractivity (Wildman–Crippen MR) is 272 cm³/mol. The van der Waals surface area contributed by atoms with Crippen molar-refractivity contribution in [3.05, 3.63) is 157 Å². The molecule has 0 radical (unpaired) electrons. The summed E-state index contributed by atoms with van der Waals surface area (Å²) in [5.41, 5.74) is 11.4. The van der Waals surface area contributed by atoms with Crippen LogP contribution in [0.4, 0.5) is 34.1 Å². The number of hydrogen-bond donors (Lipinski definition) is 1. The number of aryl methyl sites for hydroxylation is 2. The number of nitrogens with zero attached hydrogens (tertiary/aromatic N) is 2. The highest BCUT2D eigenvalue weighted by atomic mass is 16.5. The topological polar surface area (TPSA) is 85.7 Å². The van der Waals surface area contributed by atoms with Crippen LogP contribution >= 0.6 is 0 Å². The summed E-state index contributed by atoms with van der Waals surface area (Å²) >= 11 is 0. The highest BCUT2D eigenvalue weighted by Gasteiger charge is 2.38. The first-order valence-corrected chi connectivity index (χ1v) is 24.0. The zero-order valence-corrected chi connectivity index (χ0v) is 39.6. The van der Waals surface area contributed by atoms with Gasteiger partial charge in [0.2, 0.25) is 0 Å². The van der Waals surface area contributed by atoms with Crippen LogP contribution in [0, 0.1) is 30.1 Å². The van der Waals surface area contributed by atoms with Gasteiger partial charge in [-0.3, -0.25) is 0 Å². The molecular formula is C58H67N3O6. The van der Waals surface area contributed by atoms with Gasteiger partial charge in [0.15, 0.2) is 0 Å². The highest BCUT2D eigenvalue weighted by molar-refractivity contribution is 5.81. The second-order valence-corrected chi connectivity index (χ2v) is 18.4. The minimum Gasteiger partial charge on any atom is -0.494 e. The van der Waals surface area contributed by atoms with E-state index < -0.39 is 0 Å². The average Bonchev–Trinajstić information content (AvgIpc) is 3.33. The summed E-state index contributed by atoms with van der Waals surface area (Å²) in [4.78, 5) is 4.57. The van der Waals surface area contributed by atoms with Gasteiger partial charge in [0.1, 0.15) is 11.5 Å². The Labute approximate surface area is 398 Å². The highest BCUT2D eigenvalue weighted by Crippen LogP contribution is 2.39. The predicted octanol–water partition coefficient (Wildman–Crippen LogP) is 13.7. The lowest BCUT2D eigenvalue weighted by Gasteiger charge is -2.40. The van der Waals surface area contributed by atoms with E-state index in [1.54, 1.807) is 0 Å². The molecule has 2 saturated heterocycles. The third-order valence-electron chi connectivity index (χ3n) is 13.0. The van der Waals surface area contributed by atoms with Crippen molar-refractivity contribution >= 4 is 40.3 Å². The molecule has 2 heterocycles. The van der Waals surface area contributed by atoms with E-state index in [-0.39, 0.29) is 10.8 Å². The summed E-state index contributed by atoms with van der Waals surface area (Å²) in [5.74, 6) is 1.71. The number of unbranched alkanes of at least 4 members (excludes halogenated alkanes) is 2. The van der Waals surface area contributed by atoms with Crippen molar-refractivity contribution in [2.24, 2.45) is 10.8 Å². The van der Waals surface area contributed by atoms with Crippen LogP contribution in [0.2, 0.25) is 0 Å². The molecule has 0 amide bonds. The molecule has 0 spiro atoms. The SMILES string of the molecule is CCC1(COCCCCOc2ccc(N(c3ccc(C)cc3)c3ccc(-c4ccc(N(c5ccc(C)cc5)c5ccc(OCCCCOCC6(CC=N)COC6)cc5)cc4)cc3)cc2)COC1. The fourth-order valence-corrected chi connectivity index (χ4v) is 8.49. The van der Waals surface area contributed by atoms with Gasteiger partial charge < -0.3 is 43.6 Å². The molecule has 6 aromatic carbocycles. The van der Waals surface area contributed by atoms with E-state index in [2.05, 4.69) is 176 Å². The van der Waals surface area contributed by atoms with Crippen molar-refractivity contribution in [2.45, 2.75) is 59.3 Å². The number of nitrogens with one attached hydrogen (secondary N) is 1. The van der Waals surface area contributed by atoms with Crippen LogP contribution in [-0.2, 0) is 18.9 Å². The smallest absolute Gasteiger partial charge is 0.119 e. The number of anilines is 6. The standard InChI is InChI=1S/C58H67N3O6/c1-4-57(40-64-41-57)39-62-35-5-7-37-66-55-29-25-53(26-30-55)60(49-17-9-45(2)10-18-49)51-21-13-47(14-22-51)48-15-23-52(24-16-48)61(50-19-11-46(3)12-20-50)54-27-31-56(32-28-54)67-38-8-6-36-63-42-58(33-34-59)43-65-44-58/h9-32,34,59H,4-8,33,35-44H2,1-3H3. The Bertz CT molecular complexity index is 2410. The molecule has 8 rings (SSSR count). The average molecular weight is 902 g/mol. The minimum absolute atomic E-state index is 0.0000354. The Morgan fingerprint density at radius 2 is 0.791 bits per heavy atom. The normalized spacial score (nSPS) is 14.7. The molecule has 9 nitrogen and oxygen atoms in total.